The van der Waals surface area contributed by atoms with Crippen LogP contribution in [0.3, 0.4) is 0 Å². The number of ketones is 1. The zero-order valence-corrected chi connectivity index (χ0v) is 15.1. The van der Waals surface area contributed by atoms with Crippen molar-refractivity contribution in [3.05, 3.63) is 83.3 Å². The maximum absolute atomic E-state index is 12.3. The SMILES string of the molecule is N#Cc1ccc(Nc2ncnc3c2CCC3OCC(=O)c2ccccc2)cc1. The van der Waals surface area contributed by atoms with Gasteiger partial charge in [-0.15, -0.1) is 0 Å². The van der Waals surface area contributed by atoms with Gasteiger partial charge in [0.15, 0.2) is 5.78 Å². The highest BCUT2D eigenvalue weighted by Crippen LogP contribution is 2.36. The summed E-state index contributed by atoms with van der Waals surface area (Å²) in [7, 11) is 0. The summed E-state index contributed by atoms with van der Waals surface area (Å²) in [5.74, 6) is 0.689. The summed E-state index contributed by atoms with van der Waals surface area (Å²) in [6, 6.07) is 18.4. The average Bonchev–Trinajstić information content (AvgIpc) is 3.17. The second-order valence-corrected chi connectivity index (χ2v) is 6.53. The molecule has 2 aromatic carbocycles. The van der Waals surface area contributed by atoms with Gasteiger partial charge in [0.05, 0.1) is 17.3 Å². The van der Waals surface area contributed by atoms with Gasteiger partial charge in [-0.3, -0.25) is 4.79 Å². The van der Waals surface area contributed by atoms with Crippen LogP contribution in [0.4, 0.5) is 11.5 Å². The third kappa shape index (κ3) is 3.75. The van der Waals surface area contributed by atoms with E-state index in [4.69, 9.17) is 10.00 Å². The minimum atomic E-state index is -0.216. The largest absolute Gasteiger partial charge is 0.364 e. The van der Waals surface area contributed by atoms with Gasteiger partial charge in [-0.1, -0.05) is 30.3 Å². The van der Waals surface area contributed by atoms with Crippen LogP contribution in [0.2, 0.25) is 0 Å². The van der Waals surface area contributed by atoms with Gasteiger partial charge in [0.1, 0.15) is 24.9 Å². The number of hydrogen-bond acceptors (Lipinski definition) is 6. The van der Waals surface area contributed by atoms with Crippen LogP contribution >= 0.6 is 0 Å². The standard InChI is InChI=1S/C22H18N4O2/c23-12-15-6-8-17(9-7-15)26-22-18-10-11-20(21(18)24-14-25-22)28-13-19(27)16-4-2-1-3-5-16/h1-9,14,20H,10-11,13H2,(H,24,25,26). The molecule has 1 aliphatic rings. The van der Waals surface area contributed by atoms with Crippen LogP contribution in [0.15, 0.2) is 60.9 Å². The number of aromatic nitrogens is 2. The number of nitrogens with one attached hydrogen (secondary N) is 1. The monoisotopic (exact) mass is 370 g/mol. The quantitative estimate of drug-likeness (QED) is 0.660. The molecule has 0 saturated carbocycles. The van der Waals surface area contributed by atoms with E-state index in [1.54, 1.807) is 24.3 Å². The molecule has 0 spiro atoms. The summed E-state index contributed by atoms with van der Waals surface area (Å²) in [6.45, 7) is 0.0243. The molecule has 0 radical (unpaired) electrons. The Labute approximate surface area is 162 Å². The predicted octanol–water partition coefficient (Wildman–Crippen LogP) is 3.98. The molecule has 3 aromatic rings. The molecule has 1 aliphatic carbocycles. The van der Waals surface area contributed by atoms with Gasteiger partial charge >= 0.3 is 0 Å². The van der Waals surface area contributed by atoms with E-state index in [1.807, 2.05) is 30.3 Å². The molecular formula is C22H18N4O2. The Hall–Kier alpha value is -3.56. The number of carbonyl (C=O) groups is 1. The highest BCUT2D eigenvalue weighted by molar-refractivity contribution is 5.97. The number of ether oxygens (including phenoxy) is 1. The Morgan fingerprint density at radius 1 is 1.14 bits per heavy atom. The molecule has 28 heavy (non-hydrogen) atoms. The van der Waals surface area contributed by atoms with Gasteiger partial charge in [-0.05, 0) is 37.1 Å². The van der Waals surface area contributed by atoms with Crippen molar-refractivity contribution in [2.45, 2.75) is 18.9 Å². The normalized spacial score (nSPS) is 14.9. The summed E-state index contributed by atoms with van der Waals surface area (Å²) in [6.07, 6.45) is 2.83. The highest BCUT2D eigenvalue weighted by Gasteiger charge is 2.28. The number of fused-ring (bicyclic) bond motifs is 1. The summed E-state index contributed by atoms with van der Waals surface area (Å²) in [4.78, 5) is 21.0. The van der Waals surface area contributed by atoms with Crippen LogP contribution in [-0.2, 0) is 11.2 Å². The molecule has 0 amide bonds. The smallest absolute Gasteiger partial charge is 0.188 e. The third-order valence-corrected chi connectivity index (χ3v) is 4.73. The number of rotatable bonds is 6. The molecule has 0 saturated heterocycles. The zero-order chi connectivity index (χ0) is 19.3. The van der Waals surface area contributed by atoms with Crippen molar-refractivity contribution in [3.63, 3.8) is 0 Å². The van der Waals surface area contributed by atoms with Crippen molar-refractivity contribution in [3.8, 4) is 6.07 Å². The summed E-state index contributed by atoms with van der Waals surface area (Å²) in [5, 5.41) is 12.2. The van der Waals surface area contributed by atoms with Gasteiger partial charge < -0.3 is 10.1 Å². The second-order valence-electron chi connectivity index (χ2n) is 6.53. The molecule has 4 rings (SSSR count). The Kier molecular flexibility index (Phi) is 5.09. The van der Waals surface area contributed by atoms with Crippen LogP contribution in [-0.4, -0.2) is 22.4 Å². The van der Waals surface area contributed by atoms with E-state index in [0.29, 0.717) is 11.1 Å². The highest BCUT2D eigenvalue weighted by atomic mass is 16.5. The van der Waals surface area contributed by atoms with Gasteiger partial charge in [-0.25, -0.2) is 9.97 Å². The molecule has 6 heteroatoms. The number of nitrogens with zero attached hydrogens (tertiary/aromatic N) is 3. The number of hydrogen-bond donors (Lipinski definition) is 1. The lowest BCUT2D eigenvalue weighted by Crippen LogP contribution is -2.12. The van der Waals surface area contributed by atoms with E-state index in [2.05, 4.69) is 21.4 Å². The Morgan fingerprint density at radius 3 is 2.68 bits per heavy atom. The molecule has 0 aliphatic heterocycles. The maximum Gasteiger partial charge on any atom is 0.188 e. The van der Waals surface area contributed by atoms with E-state index in [0.717, 1.165) is 35.6 Å². The Morgan fingerprint density at radius 2 is 1.93 bits per heavy atom. The van der Waals surface area contributed by atoms with E-state index < -0.39 is 0 Å². The molecule has 1 heterocycles. The van der Waals surface area contributed by atoms with Crippen molar-refractivity contribution in [2.75, 3.05) is 11.9 Å². The molecule has 1 N–H and O–H groups in total. The molecule has 1 unspecified atom stereocenters. The fourth-order valence-electron chi connectivity index (χ4n) is 3.28. The lowest BCUT2D eigenvalue weighted by atomic mass is 10.1. The first-order valence-electron chi connectivity index (χ1n) is 9.05. The Bertz CT molecular complexity index is 1030. The first kappa shape index (κ1) is 17.8. The number of nitriles is 1. The van der Waals surface area contributed by atoms with E-state index in [9.17, 15) is 4.79 Å². The summed E-state index contributed by atoms with van der Waals surface area (Å²) in [5.41, 5.74) is 3.93. The van der Waals surface area contributed by atoms with E-state index in [-0.39, 0.29) is 18.5 Å². The number of Topliss-reactive ketones (excluding diaryl/α,β-unsaturated/α-hetero) is 1. The molecule has 1 atom stereocenters. The summed E-state index contributed by atoms with van der Waals surface area (Å²) < 4.78 is 5.88. The zero-order valence-electron chi connectivity index (χ0n) is 15.1. The van der Waals surface area contributed by atoms with Crippen LogP contribution in [0.25, 0.3) is 0 Å². The number of benzene rings is 2. The molecule has 138 valence electrons. The van der Waals surface area contributed by atoms with Crippen molar-refractivity contribution in [1.29, 1.82) is 5.26 Å². The fourth-order valence-corrected chi connectivity index (χ4v) is 3.28. The predicted molar refractivity (Wildman–Crippen MR) is 104 cm³/mol. The molecular weight excluding hydrogens is 352 g/mol. The van der Waals surface area contributed by atoms with Crippen LogP contribution in [0.5, 0.6) is 0 Å². The number of carbonyl (C=O) groups excluding carboxylic acids is 1. The minimum Gasteiger partial charge on any atom is -0.364 e. The molecule has 0 fully saturated rings. The molecule has 0 bridgehead atoms. The van der Waals surface area contributed by atoms with E-state index in [1.165, 1.54) is 6.33 Å². The summed E-state index contributed by atoms with van der Waals surface area (Å²) >= 11 is 0. The lowest BCUT2D eigenvalue weighted by Gasteiger charge is -2.13. The third-order valence-electron chi connectivity index (χ3n) is 4.73. The lowest BCUT2D eigenvalue weighted by molar-refractivity contribution is 0.0440. The van der Waals surface area contributed by atoms with Crippen LogP contribution in [0.1, 0.15) is 39.7 Å². The first-order valence-corrected chi connectivity index (χ1v) is 9.05. The minimum absolute atomic E-state index is 0.0243. The maximum atomic E-state index is 12.3. The van der Waals surface area contributed by atoms with Crippen LogP contribution < -0.4 is 5.32 Å². The topological polar surface area (TPSA) is 87.9 Å². The molecule has 1 aromatic heterocycles. The average molecular weight is 370 g/mol. The van der Waals surface area contributed by atoms with Crippen molar-refractivity contribution < 1.29 is 9.53 Å². The van der Waals surface area contributed by atoms with Crippen molar-refractivity contribution >= 4 is 17.3 Å². The Balaban J connectivity index is 1.46. The van der Waals surface area contributed by atoms with Crippen molar-refractivity contribution in [2.24, 2.45) is 0 Å². The van der Waals surface area contributed by atoms with Gasteiger partial charge in [-0.2, -0.15) is 5.26 Å². The second kappa shape index (κ2) is 7.99. The fraction of sp³-hybridized carbons (Fsp3) is 0.182. The van der Waals surface area contributed by atoms with E-state index >= 15 is 0 Å². The number of anilines is 2. The first-order chi connectivity index (χ1) is 13.7. The van der Waals surface area contributed by atoms with Crippen molar-refractivity contribution in [1.82, 2.24) is 9.97 Å². The molecule has 6 nitrogen and oxygen atoms in total. The van der Waals surface area contributed by atoms with Crippen LogP contribution in [0, 0.1) is 11.3 Å². The van der Waals surface area contributed by atoms with Gasteiger partial charge in [0.2, 0.25) is 0 Å². The van der Waals surface area contributed by atoms with Gasteiger partial charge in [0, 0.05) is 16.8 Å². The van der Waals surface area contributed by atoms with Gasteiger partial charge in [0.25, 0.3) is 0 Å².